The van der Waals surface area contributed by atoms with Gasteiger partial charge in [0.05, 0.1) is 23.2 Å². The Labute approximate surface area is 101 Å². The fourth-order valence-electron chi connectivity index (χ4n) is 1.77. The molecule has 1 N–H and O–H groups in total. The minimum atomic E-state index is -1.07. The van der Waals surface area contributed by atoms with Gasteiger partial charge in [0.15, 0.2) is 0 Å². The fraction of sp³-hybridized carbons (Fsp3) is 0.545. The number of carboxylic acids is 1. The van der Waals surface area contributed by atoms with E-state index in [1.165, 1.54) is 12.3 Å². The molecule has 2 rings (SSSR count). The summed E-state index contributed by atoms with van der Waals surface area (Å²) in [4.78, 5) is 10.6. The lowest BCUT2D eigenvalue weighted by Gasteiger charge is -2.07. The lowest BCUT2D eigenvalue weighted by Crippen LogP contribution is -2.16. The largest absolute Gasteiger partial charge is 0.478 e. The van der Waals surface area contributed by atoms with Gasteiger partial charge < -0.3 is 14.3 Å². The van der Waals surface area contributed by atoms with Crippen LogP contribution in [0.1, 0.15) is 29.0 Å². The van der Waals surface area contributed by atoms with E-state index in [1.54, 1.807) is 0 Å². The molecule has 0 radical (unpaired) electrons. The zero-order chi connectivity index (χ0) is 12.3. The van der Waals surface area contributed by atoms with Gasteiger partial charge in [0.25, 0.3) is 0 Å². The van der Waals surface area contributed by atoms with E-state index in [2.05, 4.69) is 0 Å². The third kappa shape index (κ3) is 3.41. The summed E-state index contributed by atoms with van der Waals surface area (Å²) < 4.78 is 22.2. The Balaban J connectivity index is 1.86. The quantitative estimate of drug-likeness (QED) is 0.864. The summed E-state index contributed by atoms with van der Waals surface area (Å²) in [6, 6.07) is 1.41. The maximum Gasteiger partial charge on any atom is 0.338 e. The lowest BCUT2D eigenvalue weighted by molar-refractivity contribution is 0.0696. The molecule has 1 aromatic heterocycles. The molecule has 0 saturated carbocycles. The normalized spacial score (nSPS) is 21.5. The van der Waals surface area contributed by atoms with E-state index in [9.17, 15) is 9.00 Å². The molecule has 1 aliphatic rings. The Bertz CT molecular complexity index is 419. The summed E-state index contributed by atoms with van der Waals surface area (Å²) in [6.45, 7) is 0.742. The number of hydrogen-bond donors (Lipinski definition) is 1. The molecule has 0 amide bonds. The van der Waals surface area contributed by atoms with Gasteiger partial charge in [-0.15, -0.1) is 0 Å². The number of carboxylic acid groups (broad SMARTS) is 1. The van der Waals surface area contributed by atoms with Gasteiger partial charge in [-0.2, -0.15) is 0 Å². The van der Waals surface area contributed by atoms with Crippen molar-refractivity contribution in [2.24, 2.45) is 0 Å². The molecule has 0 aromatic carbocycles. The van der Waals surface area contributed by atoms with Crippen LogP contribution in [0.3, 0.4) is 0 Å². The third-order valence-corrected chi connectivity index (χ3v) is 3.95. The van der Waals surface area contributed by atoms with Crippen LogP contribution < -0.4 is 0 Å². The zero-order valence-electron chi connectivity index (χ0n) is 9.26. The third-order valence-electron chi connectivity index (χ3n) is 2.60. The highest BCUT2D eigenvalue weighted by Crippen LogP contribution is 2.15. The molecule has 94 valence electrons. The van der Waals surface area contributed by atoms with E-state index in [-0.39, 0.29) is 17.4 Å². The Kier molecular flexibility index (Phi) is 3.96. The van der Waals surface area contributed by atoms with Gasteiger partial charge in [0.2, 0.25) is 0 Å². The van der Waals surface area contributed by atoms with Crippen molar-refractivity contribution in [3.8, 4) is 0 Å². The highest BCUT2D eigenvalue weighted by Gasteiger charge is 2.19. The fourth-order valence-corrected chi connectivity index (χ4v) is 3.03. The summed E-state index contributed by atoms with van der Waals surface area (Å²) in [7, 11) is -1.07. The van der Waals surface area contributed by atoms with Crippen molar-refractivity contribution in [2.75, 3.05) is 12.4 Å². The van der Waals surface area contributed by atoms with E-state index in [0.717, 1.165) is 19.4 Å². The predicted molar refractivity (Wildman–Crippen MR) is 61.4 cm³/mol. The second-order valence-electron chi connectivity index (χ2n) is 3.99. The van der Waals surface area contributed by atoms with Crippen molar-refractivity contribution in [3.63, 3.8) is 0 Å². The van der Waals surface area contributed by atoms with Crippen molar-refractivity contribution in [1.82, 2.24) is 0 Å². The van der Waals surface area contributed by atoms with E-state index in [4.69, 9.17) is 14.3 Å². The maximum atomic E-state index is 11.8. The lowest BCUT2D eigenvalue weighted by atomic mass is 10.3. The van der Waals surface area contributed by atoms with Gasteiger partial charge in [0.1, 0.15) is 12.0 Å². The molecular formula is C11H14O5S. The van der Waals surface area contributed by atoms with Crippen molar-refractivity contribution >= 4 is 16.8 Å². The number of rotatable bonds is 5. The van der Waals surface area contributed by atoms with Gasteiger partial charge in [-0.25, -0.2) is 4.79 Å². The highest BCUT2D eigenvalue weighted by molar-refractivity contribution is 7.84. The van der Waals surface area contributed by atoms with Crippen LogP contribution in [0.15, 0.2) is 16.7 Å². The number of aromatic carboxylic acids is 1. The van der Waals surface area contributed by atoms with Gasteiger partial charge in [-0.05, 0) is 18.9 Å². The Morgan fingerprint density at radius 3 is 3.00 bits per heavy atom. The minimum Gasteiger partial charge on any atom is -0.478 e. The number of hydrogen-bond acceptors (Lipinski definition) is 4. The second kappa shape index (κ2) is 5.46. The molecular weight excluding hydrogens is 244 g/mol. The molecule has 0 spiro atoms. The summed E-state index contributed by atoms with van der Waals surface area (Å²) in [6.07, 6.45) is 3.21. The van der Waals surface area contributed by atoms with Crippen LogP contribution >= 0.6 is 0 Å². The Morgan fingerprint density at radius 2 is 2.41 bits per heavy atom. The van der Waals surface area contributed by atoms with E-state index >= 15 is 0 Å². The van der Waals surface area contributed by atoms with E-state index < -0.39 is 16.8 Å². The van der Waals surface area contributed by atoms with Crippen molar-refractivity contribution in [3.05, 3.63) is 23.7 Å². The zero-order valence-corrected chi connectivity index (χ0v) is 10.1. The standard InChI is InChI=1S/C11H14O5S/c12-11(13)8-4-10(16-5-8)7-17(14)6-9-2-1-3-15-9/h4-5,9H,1-3,6-7H2,(H,12,13). The molecule has 17 heavy (non-hydrogen) atoms. The van der Waals surface area contributed by atoms with E-state index in [1.807, 2.05) is 0 Å². The molecule has 1 saturated heterocycles. The average Bonchev–Trinajstić information content (AvgIpc) is 2.88. The van der Waals surface area contributed by atoms with Crippen LogP contribution in [0.5, 0.6) is 0 Å². The summed E-state index contributed by atoms with van der Waals surface area (Å²) in [5, 5.41) is 8.71. The first-order chi connectivity index (χ1) is 8.15. The van der Waals surface area contributed by atoms with Gasteiger partial charge in [-0.3, -0.25) is 4.21 Å². The average molecular weight is 258 g/mol. The van der Waals surface area contributed by atoms with Gasteiger partial charge >= 0.3 is 5.97 Å². The Morgan fingerprint density at radius 1 is 1.59 bits per heavy atom. The van der Waals surface area contributed by atoms with Crippen LogP contribution in [-0.2, 0) is 21.3 Å². The molecule has 2 unspecified atom stereocenters. The van der Waals surface area contributed by atoms with Crippen molar-refractivity contribution in [2.45, 2.75) is 24.7 Å². The SMILES string of the molecule is O=C(O)c1coc(CS(=O)CC2CCCO2)c1. The van der Waals surface area contributed by atoms with Crippen LogP contribution in [0.4, 0.5) is 0 Å². The first-order valence-electron chi connectivity index (χ1n) is 5.42. The van der Waals surface area contributed by atoms with E-state index in [0.29, 0.717) is 11.5 Å². The summed E-state index contributed by atoms with van der Waals surface area (Å²) >= 11 is 0. The molecule has 6 heteroatoms. The maximum absolute atomic E-state index is 11.8. The smallest absolute Gasteiger partial charge is 0.338 e. The van der Waals surface area contributed by atoms with Gasteiger partial charge in [0, 0.05) is 17.4 Å². The van der Waals surface area contributed by atoms with Gasteiger partial charge in [-0.1, -0.05) is 0 Å². The molecule has 1 fully saturated rings. The molecule has 2 atom stereocenters. The Hall–Kier alpha value is -1.14. The molecule has 0 aliphatic carbocycles. The van der Waals surface area contributed by atoms with Crippen LogP contribution in [0, 0.1) is 0 Å². The first-order valence-corrected chi connectivity index (χ1v) is 6.91. The first kappa shape index (κ1) is 12.3. The van der Waals surface area contributed by atoms with Crippen LogP contribution in [0.25, 0.3) is 0 Å². The summed E-state index contributed by atoms with van der Waals surface area (Å²) in [5.74, 6) is 0.139. The minimum absolute atomic E-state index is 0.0738. The number of ether oxygens (including phenoxy) is 1. The second-order valence-corrected chi connectivity index (χ2v) is 5.49. The summed E-state index contributed by atoms with van der Waals surface area (Å²) in [5.41, 5.74) is 0.0918. The van der Waals surface area contributed by atoms with Crippen molar-refractivity contribution in [1.29, 1.82) is 0 Å². The number of carbonyl (C=O) groups is 1. The molecule has 1 aliphatic heterocycles. The highest BCUT2D eigenvalue weighted by atomic mass is 32.2. The number of furan rings is 1. The topological polar surface area (TPSA) is 76.7 Å². The monoisotopic (exact) mass is 258 g/mol. The van der Waals surface area contributed by atoms with Crippen molar-refractivity contribution < 1.29 is 23.3 Å². The van der Waals surface area contributed by atoms with Crippen LogP contribution in [0.2, 0.25) is 0 Å². The molecule has 1 aromatic rings. The molecule has 2 heterocycles. The molecule has 0 bridgehead atoms. The molecule has 5 nitrogen and oxygen atoms in total. The van der Waals surface area contributed by atoms with Crippen LogP contribution in [-0.4, -0.2) is 33.7 Å². The predicted octanol–water partition coefficient (Wildman–Crippen LogP) is 1.41.